The molecule has 0 unspecified atom stereocenters. The number of hydrogen-bond acceptors (Lipinski definition) is 5. The average molecular weight is 941 g/mol. The van der Waals surface area contributed by atoms with Crippen LogP contribution < -0.4 is 0 Å². The summed E-state index contributed by atoms with van der Waals surface area (Å²) in [5, 5.41) is 14.9. The summed E-state index contributed by atoms with van der Waals surface area (Å²) >= 11 is 0. The molecule has 0 fully saturated rings. The van der Waals surface area contributed by atoms with Gasteiger partial charge in [-0.05, 0) is 74.8 Å². The van der Waals surface area contributed by atoms with Crippen LogP contribution in [0.4, 0.5) is 5.69 Å². The molecule has 0 aliphatic carbocycles. The van der Waals surface area contributed by atoms with Gasteiger partial charge in [0.05, 0.1) is 57.0 Å². The summed E-state index contributed by atoms with van der Waals surface area (Å²) < 4.78 is 0. The lowest BCUT2D eigenvalue weighted by Crippen LogP contribution is -1.99. The molecule has 6 heteroatoms. The van der Waals surface area contributed by atoms with E-state index in [0.717, 1.165) is 111 Å². The third-order valence-corrected chi connectivity index (χ3v) is 13.9. The van der Waals surface area contributed by atoms with Gasteiger partial charge in [0.25, 0.3) is 0 Å². The van der Waals surface area contributed by atoms with Crippen molar-refractivity contribution in [2.75, 3.05) is 0 Å². The van der Waals surface area contributed by atoms with Crippen molar-refractivity contribution < 1.29 is 0 Å². The summed E-state index contributed by atoms with van der Waals surface area (Å²) in [6.07, 6.45) is 0. The predicted octanol–water partition coefficient (Wildman–Crippen LogP) is 17.6. The Balaban J connectivity index is 1.14. The first-order valence-electron chi connectivity index (χ1n) is 24.5. The van der Waals surface area contributed by atoms with Crippen LogP contribution in [0.1, 0.15) is 5.56 Å². The fourth-order valence-electron chi connectivity index (χ4n) is 10.5. The van der Waals surface area contributed by atoms with Crippen LogP contribution in [0.25, 0.3) is 138 Å². The van der Waals surface area contributed by atoms with E-state index in [2.05, 4.69) is 126 Å². The van der Waals surface area contributed by atoms with Gasteiger partial charge in [0.2, 0.25) is 5.69 Å². The number of aromatic nitrogens is 4. The van der Waals surface area contributed by atoms with E-state index in [0.29, 0.717) is 33.7 Å². The van der Waals surface area contributed by atoms with Gasteiger partial charge in [-0.1, -0.05) is 212 Å². The summed E-state index contributed by atoms with van der Waals surface area (Å²) in [7, 11) is 0. The minimum Gasteiger partial charge on any atom is -0.257 e. The molecule has 0 spiro atoms. The molecule has 0 saturated carbocycles. The molecular formula is C68H40N6. The second kappa shape index (κ2) is 18.4. The molecule has 0 aliphatic rings. The van der Waals surface area contributed by atoms with E-state index in [1.54, 1.807) is 0 Å². The van der Waals surface area contributed by atoms with E-state index in [-0.39, 0.29) is 0 Å². The first-order chi connectivity index (χ1) is 36.6. The van der Waals surface area contributed by atoms with Gasteiger partial charge in [-0.15, -0.1) is 0 Å². The first kappa shape index (κ1) is 43.6. The van der Waals surface area contributed by atoms with E-state index in [1.165, 1.54) is 0 Å². The molecule has 0 amide bonds. The van der Waals surface area contributed by atoms with E-state index < -0.39 is 0 Å². The van der Waals surface area contributed by atoms with Gasteiger partial charge in [0.1, 0.15) is 6.07 Å². The van der Waals surface area contributed by atoms with Crippen LogP contribution in [0.5, 0.6) is 0 Å². The zero-order valence-corrected chi connectivity index (χ0v) is 39.8. The molecular weight excluding hydrogens is 901 g/mol. The molecule has 9 aromatic carbocycles. The van der Waals surface area contributed by atoms with Crippen LogP contribution in [0.15, 0.2) is 243 Å². The third kappa shape index (κ3) is 7.51. The minimum atomic E-state index is 0.417. The smallest absolute Gasteiger partial charge is 0.221 e. The van der Waals surface area contributed by atoms with E-state index in [9.17, 15) is 5.26 Å². The normalized spacial score (nSPS) is 11.2. The topological polar surface area (TPSA) is 79.7 Å². The molecule has 0 radical (unpaired) electrons. The fraction of sp³-hybridized carbons (Fsp3) is 0. The van der Waals surface area contributed by atoms with Gasteiger partial charge in [-0.3, -0.25) is 4.98 Å². The number of hydrogen-bond donors (Lipinski definition) is 0. The summed E-state index contributed by atoms with van der Waals surface area (Å²) in [5.41, 5.74) is 17.2. The number of nitrogens with zero attached hydrogens (tertiary/aromatic N) is 6. The number of fused-ring (bicyclic) bond motifs is 6. The second-order valence-electron chi connectivity index (χ2n) is 18.2. The highest BCUT2D eigenvalue weighted by atomic mass is 14.8. The monoisotopic (exact) mass is 940 g/mol. The van der Waals surface area contributed by atoms with Crippen molar-refractivity contribution in [2.45, 2.75) is 0 Å². The molecule has 13 aromatic rings. The van der Waals surface area contributed by atoms with Crippen molar-refractivity contribution in [3.63, 3.8) is 0 Å². The van der Waals surface area contributed by atoms with Gasteiger partial charge < -0.3 is 0 Å². The van der Waals surface area contributed by atoms with Gasteiger partial charge in [-0.2, -0.15) is 5.26 Å². The maximum Gasteiger partial charge on any atom is 0.221 e. The molecule has 0 N–H and O–H groups in total. The van der Waals surface area contributed by atoms with E-state index >= 15 is 0 Å². The summed E-state index contributed by atoms with van der Waals surface area (Å²) in [6.45, 7) is 8.99. The van der Waals surface area contributed by atoms with E-state index in [1.807, 2.05) is 127 Å². The first-order valence-corrected chi connectivity index (χ1v) is 24.5. The highest BCUT2D eigenvalue weighted by Gasteiger charge is 2.26. The van der Waals surface area contributed by atoms with Crippen molar-refractivity contribution in [1.29, 1.82) is 5.26 Å². The Hall–Kier alpha value is -10.4. The molecule has 0 saturated heterocycles. The van der Waals surface area contributed by atoms with Crippen molar-refractivity contribution in [2.24, 2.45) is 0 Å². The predicted molar refractivity (Wildman–Crippen MR) is 302 cm³/mol. The molecule has 0 bridgehead atoms. The molecule has 4 aromatic heterocycles. The lowest BCUT2D eigenvalue weighted by Gasteiger charge is -2.19. The fourth-order valence-corrected chi connectivity index (χ4v) is 10.5. The molecule has 4 heterocycles. The van der Waals surface area contributed by atoms with Crippen molar-refractivity contribution in [1.82, 2.24) is 19.9 Å². The highest BCUT2D eigenvalue weighted by molar-refractivity contribution is 6.19. The van der Waals surface area contributed by atoms with Crippen molar-refractivity contribution in [3.05, 3.63) is 260 Å². The van der Waals surface area contributed by atoms with Crippen LogP contribution in [0.3, 0.4) is 0 Å². The standard InChI is InChI=1S/C68H40N6/c1-70-68-61(56-40-54(43-21-8-2-9-22-43)52-37-38-58(45-25-12-4-13-26-45)71-65(52)67(56)74-63(68)48-31-18-7-19-32-48)50-34-20-33-49(39-50)60-53-36-35-51-55(44-23-10-3-11-24-44)41-59(46-27-14-5-15-28-46)72-64(51)66(53)73-62(57(60)42-69)47-29-16-6-17-30-47/h2-41H. The average Bonchev–Trinajstić information content (AvgIpc) is 3.53. The number of nitriles is 1. The molecule has 13 rings (SSSR count). The maximum absolute atomic E-state index is 11.4. The molecule has 0 atom stereocenters. The Morgan fingerprint density at radius 3 is 1.28 bits per heavy atom. The quantitative estimate of drug-likeness (QED) is 0.112. The number of benzene rings is 9. The lowest BCUT2D eigenvalue weighted by atomic mass is 9.87. The largest absolute Gasteiger partial charge is 0.257 e. The Morgan fingerprint density at radius 1 is 0.324 bits per heavy atom. The van der Waals surface area contributed by atoms with Crippen molar-refractivity contribution in [3.8, 4) is 95.6 Å². The lowest BCUT2D eigenvalue weighted by molar-refractivity contribution is 1.34. The molecule has 74 heavy (non-hydrogen) atoms. The number of pyridine rings is 4. The van der Waals surface area contributed by atoms with Crippen LogP contribution >= 0.6 is 0 Å². The van der Waals surface area contributed by atoms with Gasteiger partial charge in [-0.25, -0.2) is 19.8 Å². The second-order valence-corrected chi connectivity index (χ2v) is 18.2. The Kier molecular flexibility index (Phi) is 10.8. The van der Waals surface area contributed by atoms with Crippen molar-refractivity contribution >= 4 is 49.3 Å². The van der Waals surface area contributed by atoms with Crippen LogP contribution in [-0.4, -0.2) is 19.9 Å². The van der Waals surface area contributed by atoms with Crippen LogP contribution in [0.2, 0.25) is 0 Å². The third-order valence-electron chi connectivity index (χ3n) is 13.9. The zero-order chi connectivity index (χ0) is 49.5. The summed E-state index contributed by atoms with van der Waals surface area (Å²) in [6, 6.07) is 84.6. The summed E-state index contributed by atoms with van der Waals surface area (Å²) in [4.78, 5) is 26.1. The van der Waals surface area contributed by atoms with E-state index in [4.69, 9.17) is 26.5 Å². The minimum absolute atomic E-state index is 0.417. The number of rotatable bonds is 8. The molecule has 0 aliphatic heterocycles. The zero-order valence-electron chi connectivity index (χ0n) is 39.8. The Morgan fingerprint density at radius 2 is 0.730 bits per heavy atom. The van der Waals surface area contributed by atoms with Gasteiger partial charge in [0.15, 0.2) is 0 Å². The van der Waals surface area contributed by atoms with Gasteiger partial charge in [0, 0.05) is 43.8 Å². The van der Waals surface area contributed by atoms with Crippen LogP contribution in [0, 0.1) is 17.9 Å². The Labute approximate surface area is 427 Å². The SMILES string of the molecule is [C-]#[N+]c1c(-c2ccccc2)nc2c(cc(-c3ccccc3)c3ccc(-c4ccccc4)nc32)c1-c1cccc(-c2c(C#N)c(-c3ccccc3)nc3c2ccc2c(-c4ccccc4)cc(-c4ccccc4)nc23)c1. The summed E-state index contributed by atoms with van der Waals surface area (Å²) in [5.74, 6) is 0. The Bertz CT molecular complexity index is 4400. The highest BCUT2D eigenvalue weighted by Crippen LogP contribution is 2.48. The maximum atomic E-state index is 11.4. The van der Waals surface area contributed by atoms with Crippen LogP contribution in [-0.2, 0) is 0 Å². The molecule has 6 nitrogen and oxygen atoms in total. The molecule has 342 valence electrons. The van der Waals surface area contributed by atoms with Gasteiger partial charge >= 0.3 is 0 Å².